The Balaban J connectivity index is 1.94. The van der Waals surface area contributed by atoms with Crippen molar-refractivity contribution in [1.29, 1.82) is 0 Å². The monoisotopic (exact) mass is 390 g/mol. The number of nitrogens with one attached hydrogen (secondary N) is 3. The summed E-state index contributed by atoms with van der Waals surface area (Å²) in [5, 5.41) is 8.52. The maximum Gasteiger partial charge on any atom is 0.319 e. The molecule has 0 unspecified atom stereocenters. The zero-order valence-electron chi connectivity index (χ0n) is 15.5. The van der Waals surface area contributed by atoms with Crippen LogP contribution in [0.25, 0.3) is 0 Å². The molecular formula is C19H23ClN4O3. The molecule has 0 saturated carbocycles. The molecular weight excluding hydrogens is 368 g/mol. The lowest BCUT2D eigenvalue weighted by molar-refractivity contribution is -0.123. The molecule has 0 radical (unpaired) electrons. The van der Waals surface area contributed by atoms with Gasteiger partial charge in [-0.15, -0.1) is 0 Å². The van der Waals surface area contributed by atoms with Crippen LogP contribution in [-0.2, 0) is 4.79 Å². The number of hydrogen-bond donors (Lipinski definition) is 3. The quantitative estimate of drug-likeness (QED) is 0.667. The number of benzene rings is 1. The predicted molar refractivity (Wildman–Crippen MR) is 105 cm³/mol. The third-order valence-corrected chi connectivity index (χ3v) is 4.10. The summed E-state index contributed by atoms with van der Waals surface area (Å²) in [6, 6.07) is 9.07. The zero-order valence-corrected chi connectivity index (χ0v) is 16.2. The van der Waals surface area contributed by atoms with Gasteiger partial charge in [0.2, 0.25) is 11.8 Å². The molecule has 0 bridgehead atoms. The standard InChI is InChI=1S/C19H23ClN4O3/c1-4-12(2)22-18(25)13(3)23-19(26)24-14-9-10-21-17(11-14)27-16-8-6-5-7-15(16)20/h5-13H,4H2,1-3H3,(H,22,25)(H2,21,23,24,26)/t12-,13-/m0/s1. The minimum atomic E-state index is -0.667. The third kappa shape index (κ3) is 6.45. The van der Waals surface area contributed by atoms with E-state index in [1.807, 2.05) is 13.8 Å². The second-order valence-electron chi connectivity index (χ2n) is 6.05. The van der Waals surface area contributed by atoms with Crippen LogP contribution in [0.15, 0.2) is 42.6 Å². The number of halogens is 1. The number of amides is 3. The van der Waals surface area contributed by atoms with E-state index >= 15 is 0 Å². The van der Waals surface area contributed by atoms with Crippen LogP contribution < -0.4 is 20.7 Å². The Kier molecular flexibility index (Phi) is 7.43. The van der Waals surface area contributed by atoms with E-state index in [4.69, 9.17) is 16.3 Å². The van der Waals surface area contributed by atoms with Crippen molar-refractivity contribution >= 4 is 29.2 Å². The van der Waals surface area contributed by atoms with Crippen molar-refractivity contribution < 1.29 is 14.3 Å². The highest BCUT2D eigenvalue weighted by molar-refractivity contribution is 6.32. The molecule has 0 saturated heterocycles. The van der Waals surface area contributed by atoms with Gasteiger partial charge in [0.05, 0.1) is 5.02 Å². The van der Waals surface area contributed by atoms with Crippen molar-refractivity contribution in [3.63, 3.8) is 0 Å². The average Bonchev–Trinajstić information content (AvgIpc) is 2.63. The highest BCUT2D eigenvalue weighted by Crippen LogP contribution is 2.28. The van der Waals surface area contributed by atoms with Gasteiger partial charge in [0, 0.05) is 24.0 Å². The Hall–Kier alpha value is -2.80. The summed E-state index contributed by atoms with van der Waals surface area (Å²) >= 11 is 6.06. The normalized spacial score (nSPS) is 12.6. The zero-order chi connectivity index (χ0) is 19.8. The Morgan fingerprint density at radius 2 is 1.93 bits per heavy atom. The molecule has 3 N–H and O–H groups in total. The second kappa shape index (κ2) is 9.78. The summed E-state index contributed by atoms with van der Waals surface area (Å²) in [5.41, 5.74) is 0.471. The summed E-state index contributed by atoms with van der Waals surface area (Å²) in [5.74, 6) is 0.504. The Bertz CT molecular complexity index is 800. The van der Waals surface area contributed by atoms with E-state index < -0.39 is 12.1 Å². The number of carbonyl (C=O) groups is 2. The number of nitrogens with zero attached hydrogens (tertiary/aromatic N) is 1. The molecule has 2 atom stereocenters. The van der Waals surface area contributed by atoms with Crippen molar-refractivity contribution in [2.75, 3.05) is 5.32 Å². The van der Waals surface area contributed by atoms with Gasteiger partial charge in [-0.05, 0) is 38.5 Å². The van der Waals surface area contributed by atoms with Crippen molar-refractivity contribution in [3.05, 3.63) is 47.6 Å². The molecule has 27 heavy (non-hydrogen) atoms. The number of carbonyl (C=O) groups excluding carboxylic acids is 2. The van der Waals surface area contributed by atoms with E-state index in [9.17, 15) is 9.59 Å². The van der Waals surface area contributed by atoms with Gasteiger partial charge in [-0.3, -0.25) is 4.79 Å². The van der Waals surface area contributed by atoms with Gasteiger partial charge in [-0.25, -0.2) is 9.78 Å². The van der Waals surface area contributed by atoms with Gasteiger partial charge >= 0.3 is 6.03 Å². The topological polar surface area (TPSA) is 92.4 Å². The molecule has 1 aromatic carbocycles. The number of aromatic nitrogens is 1. The second-order valence-corrected chi connectivity index (χ2v) is 6.46. The van der Waals surface area contributed by atoms with Crippen molar-refractivity contribution in [3.8, 4) is 11.6 Å². The first kappa shape index (κ1) is 20.5. The van der Waals surface area contributed by atoms with Crippen LogP contribution in [0, 0.1) is 0 Å². The van der Waals surface area contributed by atoms with Gasteiger partial charge in [-0.2, -0.15) is 0 Å². The molecule has 3 amide bonds. The largest absolute Gasteiger partial charge is 0.437 e. The molecule has 0 aliphatic rings. The van der Waals surface area contributed by atoms with Crippen LogP contribution in [0.2, 0.25) is 5.02 Å². The van der Waals surface area contributed by atoms with Gasteiger partial charge < -0.3 is 20.7 Å². The maximum atomic E-state index is 12.1. The molecule has 0 fully saturated rings. The summed E-state index contributed by atoms with van der Waals surface area (Å²) in [6.07, 6.45) is 2.32. The summed E-state index contributed by atoms with van der Waals surface area (Å²) in [7, 11) is 0. The lowest BCUT2D eigenvalue weighted by Crippen LogP contribution is -2.48. The molecule has 0 aliphatic carbocycles. The number of rotatable bonds is 7. The van der Waals surface area contributed by atoms with E-state index in [1.165, 1.54) is 6.20 Å². The highest BCUT2D eigenvalue weighted by Gasteiger charge is 2.17. The fourth-order valence-corrected chi connectivity index (χ4v) is 2.26. The number of urea groups is 1. The fraction of sp³-hybridized carbons (Fsp3) is 0.316. The SMILES string of the molecule is CC[C@H](C)NC(=O)[C@H](C)NC(=O)Nc1ccnc(Oc2ccccc2Cl)c1. The smallest absolute Gasteiger partial charge is 0.319 e. The highest BCUT2D eigenvalue weighted by atomic mass is 35.5. The number of ether oxygens (including phenoxy) is 1. The first-order chi connectivity index (χ1) is 12.9. The summed E-state index contributed by atoms with van der Waals surface area (Å²) < 4.78 is 5.63. The van der Waals surface area contributed by atoms with Crippen LogP contribution in [-0.4, -0.2) is 29.0 Å². The van der Waals surface area contributed by atoms with E-state index in [-0.39, 0.29) is 17.8 Å². The molecule has 2 rings (SSSR count). The van der Waals surface area contributed by atoms with E-state index in [2.05, 4.69) is 20.9 Å². The average molecular weight is 391 g/mol. The van der Waals surface area contributed by atoms with Crippen molar-refractivity contribution in [2.24, 2.45) is 0 Å². The van der Waals surface area contributed by atoms with Crippen LogP contribution >= 0.6 is 11.6 Å². The lowest BCUT2D eigenvalue weighted by atomic mass is 10.2. The number of hydrogen-bond acceptors (Lipinski definition) is 4. The van der Waals surface area contributed by atoms with E-state index in [0.717, 1.165) is 6.42 Å². The number of para-hydroxylation sites is 1. The first-order valence-electron chi connectivity index (χ1n) is 8.65. The molecule has 1 heterocycles. The third-order valence-electron chi connectivity index (χ3n) is 3.79. The minimum absolute atomic E-state index is 0.0505. The molecule has 1 aromatic heterocycles. The first-order valence-corrected chi connectivity index (χ1v) is 9.03. The van der Waals surface area contributed by atoms with E-state index in [0.29, 0.717) is 16.5 Å². The number of anilines is 1. The Morgan fingerprint density at radius 1 is 1.19 bits per heavy atom. The van der Waals surface area contributed by atoms with Crippen LogP contribution in [0.3, 0.4) is 0 Å². The number of pyridine rings is 1. The molecule has 7 nitrogen and oxygen atoms in total. The van der Waals surface area contributed by atoms with Gasteiger partial charge in [0.15, 0.2) is 0 Å². The van der Waals surface area contributed by atoms with Crippen LogP contribution in [0.1, 0.15) is 27.2 Å². The minimum Gasteiger partial charge on any atom is -0.437 e. The fourth-order valence-electron chi connectivity index (χ4n) is 2.08. The van der Waals surface area contributed by atoms with Gasteiger partial charge in [0.1, 0.15) is 11.8 Å². The van der Waals surface area contributed by atoms with Gasteiger partial charge in [0.25, 0.3) is 0 Å². The van der Waals surface area contributed by atoms with Crippen LogP contribution in [0.5, 0.6) is 11.6 Å². The predicted octanol–water partition coefficient (Wildman–Crippen LogP) is 3.95. The maximum absolute atomic E-state index is 12.1. The molecule has 0 aliphatic heterocycles. The van der Waals surface area contributed by atoms with Crippen molar-refractivity contribution in [1.82, 2.24) is 15.6 Å². The Morgan fingerprint density at radius 3 is 2.63 bits per heavy atom. The van der Waals surface area contributed by atoms with Gasteiger partial charge in [-0.1, -0.05) is 30.7 Å². The lowest BCUT2D eigenvalue weighted by Gasteiger charge is -2.17. The van der Waals surface area contributed by atoms with Crippen LogP contribution in [0.4, 0.5) is 10.5 Å². The molecule has 8 heteroatoms. The Labute approximate surface area is 163 Å². The molecule has 0 spiro atoms. The van der Waals surface area contributed by atoms with E-state index in [1.54, 1.807) is 43.3 Å². The van der Waals surface area contributed by atoms with Crippen molar-refractivity contribution in [2.45, 2.75) is 39.3 Å². The summed E-state index contributed by atoms with van der Waals surface area (Å²) in [6.45, 7) is 5.50. The summed E-state index contributed by atoms with van der Waals surface area (Å²) in [4.78, 5) is 28.2. The molecule has 2 aromatic rings. The molecule has 144 valence electrons.